The third-order valence-electron chi connectivity index (χ3n) is 5.21. The van der Waals surface area contributed by atoms with Gasteiger partial charge in [0.1, 0.15) is 5.60 Å². The van der Waals surface area contributed by atoms with Crippen LogP contribution in [-0.2, 0) is 16.7 Å². The van der Waals surface area contributed by atoms with Crippen molar-refractivity contribution in [2.75, 3.05) is 13.1 Å². The molecule has 0 bridgehead atoms. The first-order valence-corrected chi connectivity index (χ1v) is 10.1. The lowest BCUT2D eigenvalue weighted by atomic mass is 9.78. The van der Waals surface area contributed by atoms with Crippen LogP contribution in [0.1, 0.15) is 38.8 Å². The molecule has 0 saturated carbocycles. The van der Waals surface area contributed by atoms with Crippen molar-refractivity contribution in [3.8, 4) is 0 Å². The van der Waals surface area contributed by atoms with E-state index in [1.54, 1.807) is 0 Å². The largest absolute Gasteiger partial charge is 0.444 e. The molecule has 2 unspecified atom stereocenters. The first-order valence-electron chi connectivity index (χ1n) is 9.67. The van der Waals surface area contributed by atoms with Crippen LogP contribution in [0.3, 0.4) is 0 Å². The summed E-state index contributed by atoms with van der Waals surface area (Å²) in [4.78, 5) is 14.9. The maximum Gasteiger partial charge on any atom is 0.407 e. The number of hydrogen-bond donors (Lipinski definition) is 1. The van der Waals surface area contributed by atoms with Gasteiger partial charge in [0.2, 0.25) is 0 Å². The summed E-state index contributed by atoms with van der Waals surface area (Å²) in [6.07, 6.45) is -0.376. The Morgan fingerprint density at radius 2 is 1.82 bits per heavy atom. The monoisotopic (exact) mass is 400 g/mol. The van der Waals surface area contributed by atoms with Gasteiger partial charge in [0, 0.05) is 30.1 Å². The standard InChI is InChI=1S/C23H29ClN2O2/c1-22(2,3)28-21(27)25-20-15-26(14-17-8-6-5-7-9-17)16-23(20,4)18-10-12-19(24)13-11-18/h5-13,20H,14-16H2,1-4H3,(H,25,27). The van der Waals surface area contributed by atoms with E-state index in [2.05, 4.69) is 53.5 Å². The summed E-state index contributed by atoms with van der Waals surface area (Å²) in [7, 11) is 0. The molecular formula is C23H29ClN2O2. The molecule has 1 aliphatic rings. The number of rotatable bonds is 4. The summed E-state index contributed by atoms with van der Waals surface area (Å²) in [6.45, 7) is 10.3. The normalized spacial score (nSPS) is 22.8. The quantitative estimate of drug-likeness (QED) is 0.784. The Morgan fingerprint density at radius 1 is 1.18 bits per heavy atom. The van der Waals surface area contributed by atoms with Crippen molar-refractivity contribution >= 4 is 17.7 Å². The molecular weight excluding hydrogens is 372 g/mol. The summed E-state index contributed by atoms with van der Waals surface area (Å²) in [5.41, 5.74) is 1.66. The molecule has 0 aliphatic carbocycles. The molecule has 1 heterocycles. The number of nitrogens with one attached hydrogen (secondary N) is 1. The Bertz CT molecular complexity index is 802. The molecule has 28 heavy (non-hydrogen) atoms. The molecule has 1 N–H and O–H groups in total. The highest BCUT2D eigenvalue weighted by molar-refractivity contribution is 6.30. The van der Waals surface area contributed by atoms with Gasteiger partial charge in [-0.3, -0.25) is 4.90 Å². The number of carbonyl (C=O) groups is 1. The van der Waals surface area contributed by atoms with Crippen molar-refractivity contribution in [3.63, 3.8) is 0 Å². The van der Waals surface area contributed by atoms with E-state index in [9.17, 15) is 4.79 Å². The summed E-state index contributed by atoms with van der Waals surface area (Å²) in [5.74, 6) is 0. The summed E-state index contributed by atoms with van der Waals surface area (Å²) < 4.78 is 5.51. The number of carbonyl (C=O) groups excluding carboxylic acids is 1. The Kier molecular flexibility index (Phi) is 6.01. The Labute approximate surface area is 172 Å². The lowest BCUT2D eigenvalue weighted by Crippen LogP contribution is -2.49. The molecule has 0 radical (unpaired) electrons. The van der Waals surface area contributed by atoms with Crippen molar-refractivity contribution in [3.05, 3.63) is 70.7 Å². The predicted molar refractivity (Wildman–Crippen MR) is 114 cm³/mol. The van der Waals surface area contributed by atoms with E-state index in [4.69, 9.17) is 16.3 Å². The summed E-state index contributed by atoms with van der Waals surface area (Å²) in [6, 6.07) is 18.3. The van der Waals surface area contributed by atoms with E-state index in [1.807, 2.05) is 39.0 Å². The Hall–Kier alpha value is -2.04. The van der Waals surface area contributed by atoms with Gasteiger partial charge in [0.05, 0.1) is 6.04 Å². The molecule has 1 fully saturated rings. The highest BCUT2D eigenvalue weighted by Gasteiger charge is 2.45. The van der Waals surface area contributed by atoms with Gasteiger partial charge in [-0.15, -0.1) is 0 Å². The maximum atomic E-state index is 12.5. The van der Waals surface area contributed by atoms with E-state index < -0.39 is 5.60 Å². The number of nitrogens with zero attached hydrogens (tertiary/aromatic N) is 1. The molecule has 2 aromatic rings. The fourth-order valence-corrected chi connectivity index (χ4v) is 3.96. The van der Waals surface area contributed by atoms with Crippen LogP contribution in [0.25, 0.3) is 0 Å². The number of hydrogen-bond acceptors (Lipinski definition) is 3. The van der Waals surface area contributed by atoms with Crippen molar-refractivity contribution in [2.24, 2.45) is 0 Å². The van der Waals surface area contributed by atoms with E-state index >= 15 is 0 Å². The molecule has 1 aliphatic heterocycles. The SMILES string of the molecule is CC(C)(C)OC(=O)NC1CN(Cc2ccccc2)CC1(C)c1ccc(Cl)cc1. The smallest absolute Gasteiger partial charge is 0.407 e. The second-order valence-corrected chi connectivity index (χ2v) is 9.21. The van der Waals surface area contributed by atoms with E-state index in [0.29, 0.717) is 5.02 Å². The lowest BCUT2D eigenvalue weighted by Gasteiger charge is -2.32. The minimum absolute atomic E-state index is 0.0627. The highest BCUT2D eigenvalue weighted by atomic mass is 35.5. The third kappa shape index (κ3) is 5.06. The number of benzene rings is 2. The highest BCUT2D eigenvalue weighted by Crippen LogP contribution is 2.36. The molecule has 0 aromatic heterocycles. The molecule has 150 valence electrons. The Morgan fingerprint density at radius 3 is 2.43 bits per heavy atom. The maximum absolute atomic E-state index is 12.5. The lowest BCUT2D eigenvalue weighted by molar-refractivity contribution is 0.0491. The number of likely N-dealkylation sites (tertiary alicyclic amines) is 1. The van der Waals surface area contributed by atoms with Gasteiger partial charge in [-0.05, 0) is 44.0 Å². The van der Waals surface area contributed by atoms with Crippen molar-refractivity contribution in [2.45, 2.75) is 51.3 Å². The van der Waals surface area contributed by atoms with Crippen LogP contribution in [-0.4, -0.2) is 35.7 Å². The van der Waals surface area contributed by atoms with Gasteiger partial charge in [0.25, 0.3) is 0 Å². The van der Waals surface area contributed by atoms with E-state index in [-0.39, 0.29) is 17.6 Å². The molecule has 3 rings (SSSR count). The van der Waals surface area contributed by atoms with Crippen molar-refractivity contribution < 1.29 is 9.53 Å². The van der Waals surface area contributed by atoms with Gasteiger partial charge < -0.3 is 10.1 Å². The molecule has 1 amide bonds. The zero-order valence-corrected chi connectivity index (χ0v) is 17.8. The van der Waals surface area contributed by atoms with E-state index in [0.717, 1.165) is 25.2 Å². The third-order valence-corrected chi connectivity index (χ3v) is 5.46. The van der Waals surface area contributed by atoms with Crippen LogP contribution >= 0.6 is 11.6 Å². The fourth-order valence-electron chi connectivity index (χ4n) is 3.84. The van der Waals surface area contributed by atoms with Crippen LogP contribution in [0, 0.1) is 0 Å². The van der Waals surface area contributed by atoms with Gasteiger partial charge in [-0.25, -0.2) is 4.79 Å². The fraction of sp³-hybridized carbons (Fsp3) is 0.435. The van der Waals surface area contributed by atoms with Crippen LogP contribution in [0.2, 0.25) is 5.02 Å². The number of halogens is 1. The molecule has 4 nitrogen and oxygen atoms in total. The molecule has 2 atom stereocenters. The minimum Gasteiger partial charge on any atom is -0.444 e. The van der Waals surface area contributed by atoms with Crippen LogP contribution in [0.5, 0.6) is 0 Å². The second kappa shape index (κ2) is 8.14. The average molecular weight is 401 g/mol. The van der Waals surface area contributed by atoms with Gasteiger partial charge in [-0.2, -0.15) is 0 Å². The van der Waals surface area contributed by atoms with Crippen molar-refractivity contribution in [1.82, 2.24) is 10.2 Å². The minimum atomic E-state index is -0.525. The van der Waals surface area contributed by atoms with Crippen LogP contribution in [0.15, 0.2) is 54.6 Å². The molecule has 2 aromatic carbocycles. The van der Waals surface area contributed by atoms with Crippen LogP contribution in [0.4, 0.5) is 4.79 Å². The second-order valence-electron chi connectivity index (χ2n) is 8.78. The zero-order valence-electron chi connectivity index (χ0n) is 17.0. The molecule has 0 spiro atoms. The topological polar surface area (TPSA) is 41.6 Å². The van der Waals surface area contributed by atoms with Gasteiger partial charge >= 0.3 is 6.09 Å². The summed E-state index contributed by atoms with van der Waals surface area (Å²) in [5, 5.41) is 3.83. The predicted octanol–water partition coefficient (Wildman–Crippen LogP) is 5.01. The van der Waals surface area contributed by atoms with Gasteiger partial charge in [-0.1, -0.05) is 61.0 Å². The van der Waals surface area contributed by atoms with E-state index in [1.165, 1.54) is 5.56 Å². The zero-order chi connectivity index (χ0) is 20.4. The first kappa shape index (κ1) is 20.7. The number of ether oxygens (including phenoxy) is 1. The Balaban J connectivity index is 1.82. The molecule has 5 heteroatoms. The molecule has 1 saturated heterocycles. The van der Waals surface area contributed by atoms with Crippen molar-refractivity contribution in [1.29, 1.82) is 0 Å². The first-order chi connectivity index (χ1) is 13.2. The average Bonchev–Trinajstić information content (AvgIpc) is 2.91. The number of alkyl carbamates (subject to hydrolysis) is 1. The summed E-state index contributed by atoms with van der Waals surface area (Å²) >= 11 is 6.09. The number of amides is 1. The van der Waals surface area contributed by atoms with Gasteiger partial charge in [0.15, 0.2) is 0 Å². The van der Waals surface area contributed by atoms with Crippen LogP contribution < -0.4 is 5.32 Å².